The molecule has 22 heavy (non-hydrogen) atoms. The summed E-state index contributed by atoms with van der Waals surface area (Å²) < 4.78 is 5.15. The average molecular weight is 303 g/mol. The van der Waals surface area contributed by atoms with Crippen LogP contribution in [0.25, 0.3) is 0 Å². The third kappa shape index (κ3) is 4.08. The van der Waals surface area contributed by atoms with Crippen LogP contribution in [0.1, 0.15) is 35.6 Å². The molecule has 2 N–H and O–H groups in total. The highest BCUT2D eigenvalue weighted by Crippen LogP contribution is 2.18. The summed E-state index contributed by atoms with van der Waals surface area (Å²) in [6.07, 6.45) is 2.76. The van der Waals surface area contributed by atoms with Crippen molar-refractivity contribution in [1.82, 2.24) is 10.3 Å². The van der Waals surface area contributed by atoms with Gasteiger partial charge < -0.3 is 19.7 Å². The molecule has 2 heterocycles. The predicted molar refractivity (Wildman–Crippen MR) is 83.8 cm³/mol. The number of hydrogen-bond donors (Lipinski definition) is 2. The number of nitrogens with zero attached hydrogens (tertiary/aromatic N) is 2. The summed E-state index contributed by atoms with van der Waals surface area (Å²) in [6, 6.07) is 6.64. The van der Waals surface area contributed by atoms with Gasteiger partial charge in [0.15, 0.2) is 0 Å². The molecule has 6 nitrogen and oxygen atoms in total. The zero-order chi connectivity index (χ0) is 16.1. The number of aliphatic hydroxyl groups is 1. The summed E-state index contributed by atoms with van der Waals surface area (Å²) in [5, 5.41) is 12.9. The highest BCUT2D eigenvalue weighted by atomic mass is 16.4. The molecule has 0 spiro atoms. The van der Waals surface area contributed by atoms with E-state index < -0.39 is 6.10 Å². The molecule has 1 amide bonds. The third-order valence-corrected chi connectivity index (χ3v) is 3.29. The lowest BCUT2D eigenvalue weighted by atomic mass is 10.1. The lowest BCUT2D eigenvalue weighted by Gasteiger charge is -2.17. The molecular weight excluding hydrogens is 282 g/mol. The minimum absolute atomic E-state index is 0.190. The van der Waals surface area contributed by atoms with Crippen LogP contribution >= 0.6 is 0 Å². The second kappa shape index (κ2) is 7.09. The van der Waals surface area contributed by atoms with Crippen LogP contribution in [0.3, 0.4) is 0 Å². The van der Waals surface area contributed by atoms with E-state index in [-0.39, 0.29) is 11.9 Å². The topological polar surface area (TPSA) is 78.6 Å². The van der Waals surface area contributed by atoms with Crippen molar-refractivity contribution in [2.24, 2.45) is 0 Å². The molecule has 2 unspecified atom stereocenters. The van der Waals surface area contributed by atoms with Gasteiger partial charge in [-0.15, -0.1) is 0 Å². The van der Waals surface area contributed by atoms with Gasteiger partial charge in [0, 0.05) is 38.3 Å². The van der Waals surface area contributed by atoms with E-state index in [1.54, 1.807) is 30.5 Å². The Kier molecular flexibility index (Phi) is 5.16. The summed E-state index contributed by atoms with van der Waals surface area (Å²) in [7, 11) is 3.73. The summed E-state index contributed by atoms with van der Waals surface area (Å²) in [5.41, 5.74) is 0.540. The Labute approximate surface area is 129 Å². The van der Waals surface area contributed by atoms with Crippen LogP contribution in [0.5, 0.6) is 0 Å². The summed E-state index contributed by atoms with van der Waals surface area (Å²) in [6.45, 7) is 1.85. The largest absolute Gasteiger partial charge is 0.467 e. The number of anilines is 1. The van der Waals surface area contributed by atoms with E-state index in [1.165, 1.54) is 6.26 Å². The van der Waals surface area contributed by atoms with Gasteiger partial charge in [0.1, 0.15) is 17.7 Å². The van der Waals surface area contributed by atoms with Gasteiger partial charge in [-0.1, -0.05) is 0 Å². The SMILES string of the molecule is CC(CC(O)c1ccco1)NC(=O)c1ccnc(N(C)C)c1. The molecule has 0 saturated carbocycles. The van der Waals surface area contributed by atoms with Crippen LogP contribution < -0.4 is 10.2 Å². The highest BCUT2D eigenvalue weighted by Gasteiger charge is 2.17. The number of aliphatic hydroxyl groups excluding tert-OH is 1. The molecule has 0 radical (unpaired) electrons. The number of carbonyl (C=O) groups is 1. The van der Waals surface area contributed by atoms with Gasteiger partial charge in [0.2, 0.25) is 0 Å². The summed E-state index contributed by atoms with van der Waals surface area (Å²) in [5.74, 6) is 1.03. The average Bonchev–Trinajstić information content (AvgIpc) is 3.01. The molecule has 0 aliphatic heterocycles. The lowest BCUT2D eigenvalue weighted by Crippen LogP contribution is -2.33. The maximum atomic E-state index is 12.2. The van der Waals surface area contributed by atoms with Gasteiger partial charge in [-0.2, -0.15) is 0 Å². The number of hydrogen-bond acceptors (Lipinski definition) is 5. The van der Waals surface area contributed by atoms with Crippen LogP contribution in [-0.4, -0.2) is 36.1 Å². The minimum Gasteiger partial charge on any atom is -0.467 e. The highest BCUT2D eigenvalue weighted by molar-refractivity contribution is 5.94. The standard InChI is InChI=1S/C16H21N3O3/c1-11(9-13(20)14-5-4-8-22-14)18-16(21)12-6-7-17-15(10-12)19(2)3/h4-8,10-11,13,20H,9H2,1-3H3,(H,18,21). The molecule has 0 saturated heterocycles. The van der Waals surface area contributed by atoms with Crippen molar-refractivity contribution >= 4 is 11.7 Å². The van der Waals surface area contributed by atoms with Crippen LogP contribution in [0.15, 0.2) is 41.1 Å². The number of amides is 1. The van der Waals surface area contributed by atoms with E-state index in [2.05, 4.69) is 10.3 Å². The van der Waals surface area contributed by atoms with Crippen molar-refractivity contribution in [3.63, 3.8) is 0 Å². The van der Waals surface area contributed by atoms with E-state index in [9.17, 15) is 9.90 Å². The number of carbonyl (C=O) groups excluding carboxylic acids is 1. The van der Waals surface area contributed by atoms with Gasteiger partial charge in [-0.05, 0) is 31.2 Å². The second-order valence-electron chi connectivity index (χ2n) is 5.44. The van der Waals surface area contributed by atoms with Gasteiger partial charge in [-0.3, -0.25) is 4.79 Å². The van der Waals surface area contributed by atoms with Crippen LogP contribution in [0.2, 0.25) is 0 Å². The Morgan fingerprint density at radius 3 is 2.86 bits per heavy atom. The molecule has 6 heteroatoms. The fraction of sp³-hybridized carbons (Fsp3) is 0.375. The van der Waals surface area contributed by atoms with Crippen molar-refractivity contribution in [3.05, 3.63) is 48.0 Å². The number of nitrogens with one attached hydrogen (secondary N) is 1. The Morgan fingerprint density at radius 2 is 2.23 bits per heavy atom. The first-order valence-electron chi connectivity index (χ1n) is 7.13. The third-order valence-electron chi connectivity index (χ3n) is 3.29. The van der Waals surface area contributed by atoms with E-state index in [4.69, 9.17) is 4.42 Å². The van der Waals surface area contributed by atoms with Gasteiger partial charge >= 0.3 is 0 Å². The number of aromatic nitrogens is 1. The quantitative estimate of drug-likeness (QED) is 0.853. The van der Waals surface area contributed by atoms with E-state index in [1.807, 2.05) is 25.9 Å². The van der Waals surface area contributed by atoms with Crippen LogP contribution in [-0.2, 0) is 0 Å². The molecule has 0 aliphatic rings. The zero-order valence-corrected chi connectivity index (χ0v) is 13.0. The van der Waals surface area contributed by atoms with Crippen molar-refractivity contribution in [1.29, 1.82) is 0 Å². The molecule has 0 aliphatic carbocycles. The maximum Gasteiger partial charge on any atom is 0.251 e. The number of furan rings is 1. The Bertz CT molecular complexity index is 611. The zero-order valence-electron chi connectivity index (χ0n) is 13.0. The first-order chi connectivity index (χ1) is 10.5. The van der Waals surface area contributed by atoms with Crippen molar-refractivity contribution in [2.75, 3.05) is 19.0 Å². The normalized spacial score (nSPS) is 13.5. The molecule has 2 rings (SSSR count). The molecule has 0 aromatic carbocycles. The van der Waals surface area contributed by atoms with Crippen molar-refractivity contribution in [2.45, 2.75) is 25.5 Å². The van der Waals surface area contributed by atoms with E-state index >= 15 is 0 Å². The fourth-order valence-electron chi connectivity index (χ4n) is 2.10. The molecule has 118 valence electrons. The first-order valence-corrected chi connectivity index (χ1v) is 7.13. The molecule has 2 atom stereocenters. The number of rotatable bonds is 6. The van der Waals surface area contributed by atoms with Gasteiger partial charge in [-0.25, -0.2) is 4.98 Å². The molecular formula is C16H21N3O3. The molecule has 2 aromatic heterocycles. The lowest BCUT2D eigenvalue weighted by molar-refractivity contribution is 0.0903. The first kappa shape index (κ1) is 16.0. The fourth-order valence-corrected chi connectivity index (χ4v) is 2.10. The maximum absolute atomic E-state index is 12.2. The molecule has 0 fully saturated rings. The Balaban J connectivity index is 1.95. The molecule has 2 aromatic rings. The van der Waals surface area contributed by atoms with Crippen molar-refractivity contribution in [3.8, 4) is 0 Å². The molecule has 0 bridgehead atoms. The number of pyridine rings is 1. The van der Waals surface area contributed by atoms with Crippen molar-refractivity contribution < 1.29 is 14.3 Å². The van der Waals surface area contributed by atoms with E-state index in [0.29, 0.717) is 17.7 Å². The minimum atomic E-state index is -0.736. The van der Waals surface area contributed by atoms with Crippen LogP contribution in [0, 0.1) is 0 Å². The Morgan fingerprint density at radius 1 is 1.45 bits per heavy atom. The second-order valence-corrected chi connectivity index (χ2v) is 5.44. The summed E-state index contributed by atoms with van der Waals surface area (Å²) in [4.78, 5) is 18.2. The smallest absolute Gasteiger partial charge is 0.251 e. The van der Waals surface area contributed by atoms with Crippen LogP contribution in [0.4, 0.5) is 5.82 Å². The Hall–Kier alpha value is -2.34. The predicted octanol–water partition coefficient (Wildman–Crippen LogP) is 1.98. The van der Waals surface area contributed by atoms with Gasteiger partial charge in [0.05, 0.1) is 6.26 Å². The summed E-state index contributed by atoms with van der Waals surface area (Å²) >= 11 is 0. The van der Waals surface area contributed by atoms with Gasteiger partial charge in [0.25, 0.3) is 5.91 Å². The monoisotopic (exact) mass is 303 g/mol. The van der Waals surface area contributed by atoms with E-state index in [0.717, 1.165) is 5.82 Å².